The number of nitrogens with zero attached hydrogens (tertiary/aromatic N) is 8. The fourth-order valence-electron chi connectivity index (χ4n) is 6.54. The van der Waals surface area contributed by atoms with Gasteiger partial charge in [-0.25, -0.2) is 14.6 Å². The molecule has 2 atom stereocenters. The first kappa shape index (κ1) is 39.7. The van der Waals surface area contributed by atoms with Crippen LogP contribution in [-0.4, -0.2) is 134 Å². The SMILES string of the molecule is COc1ccc(-n2cc(-c3cnc(C(=O)Nc4ccc(C(=O)N5CCN(C(=O)[C@@H]6C[C@@H](O)C[N+]6(C)C)CC5)c(Cl)c4)n3C)c(C(F)(F)F)n2)nc1.O=C[O-]. The molecule has 0 saturated carbocycles. The minimum Gasteiger partial charge on any atom is -0.554 e. The third-order valence-electron chi connectivity index (χ3n) is 9.28. The molecule has 2 aliphatic rings. The van der Waals surface area contributed by atoms with Gasteiger partial charge in [0.2, 0.25) is 0 Å². The van der Waals surface area contributed by atoms with E-state index in [1.807, 2.05) is 14.1 Å². The third kappa shape index (κ3) is 8.32. The maximum atomic E-state index is 14.1. The highest BCUT2D eigenvalue weighted by Gasteiger charge is 2.47. The Balaban J connectivity index is 0.00000181. The summed E-state index contributed by atoms with van der Waals surface area (Å²) in [5.41, 5.74) is -1.09. The molecule has 6 rings (SSSR count). The molecule has 4 aromatic rings. The second-order valence-corrected chi connectivity index (χ2v) is 13.6. The Morgan fingerprint density at radius 3 is 2.30 bits per heavy atom. The van der Waals surface area contributed by atoms with Crippen LogP contribution in [0.5, 0.6) is 5.75 Å². The first-order valence-corrected chi connectivity index (χ1v) is 16.8. The second kappa shape index (κ2) is 15.8. The highest BCUT2D eigenvalue weighted by atomic mass is 35.5. The van der Waals surface area contributed by atoms with E-state index in [9.17, 15) is 32.7 Å². The van der Waals surface area contributed by atoms with Gasteiger partial charge in [0.25, 0.3) is 17.7 Å². The smallest absolute Gasteiger partial charge is 0.435 e. The molecule has 0 spiro atoms. The molecule has 5 heterocycles. The predicted octanol–water partition coefficient (Wildman–Crippen LogP) is 1.46. The molecule has 3 amide bonds. The molecule has 2 fully saturated rings. The number of likely N-dealkylation sites (tertiary alicyclic amines) is 1. The maximum Gasteiger partial charge on any atom is 0.435 e. The monoisotopic (exact) mass is 775 g/mol. The van der Waals surface area contributed by atoms with Crippen molar-refractivity contribution in [1.29, 1.82) is 0 Å². The van der Waals surface area contributed by atoms with Gasteiger partial charge in [-0.05, 0) is 30.3 Å². The van der Waals surface area contributed by atoms with Crippen LogP contribution in [0, 0.1) is 0 Å². The third-order valence-corrected chi connectivity index (χ3v) is 9.60. The summed E-state index contributed by atoms with van der Waals surface area (Å²) in [6.45, 7) is 1.30. The lowest BCUT2D eigenvalue weighted by Crippen LogP contribution is -2.58. The van der Waals surface area contributed by atoms with Crippen molar-refractivity contribution in [2.75, 3.05) is 59.2 Å². The number of alkyl halides is 3. The van der Waals surface area contributed by atoms with Crippen molar-refractivity contribution in [3.05, 3.63) is 71.0 Å². The average Bonchev–Trinajstić information content (AvgIpc) is 3.82. The number of halogens is 4. The predicted molar refractivity (Wildman–Crippen MR) is 184 cm³/mol. The summed E-state index contributed by atoms with van der Waals surface area (Å²) in [4.78, 5) is 59.5. The number of amides is 3. The van der Waals surface area contributed by atoms with Crippen LogP contribution < -0.4 is 15.2 Å². The number of methoxy groups -OCH3 is 1. The van der Waals surface area contributed by atoms with Crippen molar-refractivity contribution in [3.63, 3.8) is 0 Å². The highest BCUT2D eigenvalue weighted by molar-refractivity contribution is 6.34. The van der Waals surface area contributed by atoms with Gasteiger partial charge in [-0.2, -0.15) is 18.3 Å². The van der Waals surface area contributed by atoms with E-state index in [1.54, 1.807) is 9.80 Å². The largest absolute Gasteiger partial charge is 0.554 e. The quantitative estimate of drug-likeness (QED) is 0.206. The Hall–Kier alpha value is -5.53. The number of carboxylic acid groups (broad SMARTS) is 1. The van der Waals surface area contributed by atoms with Gasteiger partial charge in [0.15, 0.2) is 23.4 Å². The van der Waals surface area contributed by atoms with E-state index in [-0.39, 0.29) is 57.0 Å². The number of hydrogen-bond donors (Lipinski definition) is 2. The number of quaternary nitrogens is 1. The summed E-state index contributed by atoms with van der Waals surface area (Å²) in [6, 6.07) is 7.01. The fourth-order valence-corrected chi connectivity index (χ4v) is 6.80. The second-order valence-electron chi connectivity index (χ2n) is 13.1. The number of likely N-dealkylation sites (N-methyl/N-ethyl adjacent to an activating group) is 1. The van der Waals surface area contributed by atoms with Gasteiger partial charge in [0.05, 0.1) is 55.4 Å². The summed E-state index contributed by atoms with van der Waals surface area (Å²) in [6.07, 6.45) is -1.30. The molecule has 3 aromatic heterocycles. The van der Waals surface area contributed by atoms with Crippen molar-refractivity contribution >= 4 is 41.5 Å². The Labute approximate surface area is 311 Å². The number of aliphatic hydroxyl groups excluding tert-OH is 1. The molecule has 16 nitrogen and oxygen atoms in total. The molecule has 2 saturated heterocycles. The maximum absolute atomic E-state index is 14.1. The van der Waals surface area contributed by atoms with Crippen molar-refractivity contribution in [2.45, 2.75) is 24.7 Å². The summed E-state index contributed by atoms with van der Waals surface area (Å²) in [5.74, 6) is -0.755. The number of aromatic nitrogens is 5. The zero-order valence-corrected chi connectivity index (χ0v) is 30.3. The molecule has 54 heavy (non-hydrogen) atoms. The van der Waals surface area contributed by atoms with Crippen LogP contribution in [0.2, 0.25) is 5.02 Å². The van der Waals surface area contributed by atoms with Crippen molar-refractivity contribution in [3.8, 4) is 22.8 Å². The van der Waals surface area contributed by atoms with Gasteiger partial charge >= 0.3 is 6.18 Å². The fraction of sp³-hybridized carbons (Fsp3) is 0.382. The molecule has 288 valence electrons. The number of hydrogen-bond acceptors (Lipinski definition) is 10. The molecule has 0 aliphatic carbocycles. The Kier molecular flexibility index (Phi) is 11.6. The van der Waals surface area contributed by atoms with Crippen LogP contribution in [0.15, 0.2) is 48.9 Å². The summed E-state index contributed by atoms with van der Waals surface area (Å²) >= 11 is 6.49. The van der Waals surface area contributed by atoms with Crippen LogP contribution in [-0.2, 0) is 22.8 Å². The first-order chi connectivity index (χ1) is 25.5. The van der Waals surface area contributed by atoms with Crippen LogP contribution in [0.25, 0.3) is 17.1 Å². The minimum atomic E-state index is -4.82. The van der Waals surface area contributed by atoms with Crippen molar-refractivity contribution in [1.82, 2.24) is 34.1 Å². The van der Waals surface area contributed by atoms with Crippen LogP contribution >= 0.6 is 11.6 Å². The number of rotatable bonds is 7. The molecule has 0 bridgehead atoms. The van der Waals surface area contributed by atoms with E-state index >= 15 is 0 Å². The van der Waals surface area contributed by atoms with E-state index in [0.717, 1.165) is 17.1 Å². The molecule has 0 radical (unpaired) electrons. The van der Waals surface area contributed by atoms with E-state index in [0.29, 0.717) is 49.4 Å². The number of imidazole rings is 1. The first-order valence-electron chi connectivity index (χ1n) is 16.4. The number of carbonyl (C=O) groups is 4. The number of ether oxygens (including phenoxy) is 1. The van der Waals surface area contributed by atoms with E-state index in [1.165, 1.54) is 55.3 Å². The standard InChI is InChI=1S/C33H35ClF3N9O5.CH2O2/c1-42-25(23-17-45(41-28(23)33(35,36)37)27-8-6-21(51-4)15-38-27)16-39-29(42)30(48)40-19-5-7-22(24(34)13-19)31(49)43-9-11-44(12-10-43)32(50)26-14-20(47)18-46(26,2)3;2-1-3/h5-8,13,15-17,20,26,47H,9-12,14,18H2,1-4H3;1H,(H,2,3)/t20-,26+;/m1./s1. The van der Waals surface area contributed by atoms with Gasteiger partial charge in [-0.15, -0.1) is 0 Å². The average molecular weight is 776 g/mol. The molecular weight excluding hydrogens is 739 g/mol. The lowest BCUT2D eigenvalue weighted by atomic mass is 10.1. The van der Waals surface area contributed by atoms with E-state index in [4.69, 9.17) is 26.2 Å². The van der Waals surface area contributed by atoms with Gasteiger partial charge in [0, 0.05) is 58.0 Å². The van der Waals surface area contributed by atoms with Gasteiger partial charge < -0.3 is 43.9 Å². The number of anilines is 1. The van der Waals surface area contributed by atoms with Crippen LogP contribution in [0.4, 0.5) is 18.9 Å². The van der Waals surface area contributed by atoms with E-state index in [2.05, 4.69) is 20.4 Å². The topological polar surface area (TPSA) is 188 Å². The number of benzene rings is 1. The lowest BCUT2D eigenvalue weighted by molar-refractivity contribution is -0.894. The van der Waals surface area contributed by atoms with Crippen molar-refractivity contribution < 1.29 is 51.8 Å². The number of carbonyl (C=O) groups excluding carboxylic acids is 4. The molecular formula is C34H37ClF3N9O7. The highest BCUT2D eigenvalue weighted by Crippen LogP contribution is 2.37. The zero-order chi connectivity index (χ0) is 39.5. The van der Waals surface area contributed by atoms with Gasteiger partial charge in [0.1, 0.15) is 18.4 Å². The summed E-state index contributed by atoms with van der Waals surface area (Å²) in [5, 5.41) is 24.8. The minimum absolute atomic E-state index is 0.0170. The Bertz CT molecular complexity index is 2030. The number of aliphatic hydroxyl groups is 1. The van der Waals surface area contributed by atoms with E-state index < -0.39 is 30.4 Å². The molecule has 1 aromatic carbocycles. The van der Waals surface area contributed by atoms with Crippen molar-refractivity contribution in [2.24, 2.45) is 7.05 Å². The summed E-state index contributed by atoms with van der Waals surface area (Å²) in [7, 11) is 6.69. The Morgan fingerprint density at radius 1 is 1.07 bits per heavy atom. The molecule has 20 heteroatoms. The van der Waals surface area contributed by atoms with Gasteiger partial charge in [-0.3, -0.25) is 14.4 Å². The van der Waals surface area contributed by atoms with Gasteiger partial charge in [-0.1, -0.05) is 11.6 Å². The summed E-state index contributed by atoms with van der Waals surface area (Å²) < 4.78 is 49.9. The number of pyridine rings is 1. The number of nitrogens with one attached hydrogen (secondary N) is 1. The lowest BCUT2D eigenvalue weighted by Gasteiger charge is -2.38. The van der Waals surface area contributed by atoms with Crippen LogP contribution in [0.3, 0.4) is 0 Å². The molecule has 2 N–H and O–H groups in total. The normalized spacial score (nSPS) is 18.1. The van der Waals surface area contributed by atoms with Crippen LogP contribution in [0.1, 0.15) is 33.1 Å². The Morgan fingerprint density at radius 2 is 1.74 bits per heavy atom. The number of piperazine rings is 1. The molecule has 2 aliphatic heterocycles. The molecule has 0 unspecified atom stereocenters. The zero-order valence-electron chi connectivity index (χ0n) is 29.6.